The van der Waals surface area contributed by atoms with E-state index in [9.17, 15) is 23.1 Å². The first kappa shape index (κ1) is 29.2. The molecule has 11 heteroatoms. The third-order valence-electron chi connectivity index (χ3n) is 6.40. The van der Waals surface area contributed by atoms with Crippen molar-refractivity contribution in [3.05, 3.63) is 96.1 Å². The highest BCUT2D eigenvalue weighted by atomic mass is 32.2. The summed E-state index contributed by atoms with van der Waals surface area (Å²) in [5, 5.41) is 11.9. The van der Waals surface area contributed by atoms with Crippen LogP contribution in [0.2, 0.25) is 0 Å². The molecule has 0 saturated carbocycles. The van der Waals surface area contributed by atoms with Crippen molar-refractivity contribution in [2.45, 2.75) is 17.5 Å². The van der Waals surface area contributed by atoms with Gasteiger partial charge in [-0.15, -0.1) is 0 Å². The lowest BCUT2D eigenvalue weighted by molar-refractivity contribution is -0.143. The van der Waals surface area contributed by atoms with Crippen molar-refractivity contribution >= 4 is 21.8 Å². The van der Waals surface area contributed by atoms with Crippen molar-refractivity contribution in [1.82, 2.24) is 14.5 Å². The van der Waals surface area contributed by atoms with Crippen LogP contribution in [-0.2, 0) is 30.9 Å². The fourth-order valence-corrected chi connectivity index (χ4v) is 5.77. The Morgan fingerprint density at radius 1 is 0.950 bits per heavy atom. The molecule has 1 aliphatic rings. The van der Waals surface area contributed by atoms with Gasteiger partial charge < -0.3 is 24.8 Å². The second kappa shape index (κ2) is 14.0. The molecule has 2 amide bonds. The molecule has 0 unspecified atom stereocenters. The van der Waals surface area contributed by atoms with Gasteiger partial charge in [0, 0.05) is 26.2 Å². The molecular formula is C29H33N3O7S. The molecule has 1 heterocycles. The summed E-state index contributed by atoms with van der Waals surface area (Å²) in [4.78, 5) is 28.4. The molecule has 0 spiro atoms. The largest absolute Gasteiger partial charge is 0.484 e. The van der Waals surface area contributed by atoms with Crippen molar-refractivity contribution in [3.8, 4) is 5.75 Å². The lowest BCUT2D eigenvalue weighted by Crippen LogP contribution is -2.45. The van der Waals surface area contributed by atoms with Gasteiger partial charge in [-0.1, -0.05) is 60.7 Å². The number of aliphatic hydroxyl groups excluding tert-OH is 1. The molecule has 40 heavy (non-hydrogen) atoms. The molecule has 3 aromatic rings. The van der Waals surface area contributed by atoms with Crippen molar-refractivity contribution in [1.29, 1.82) is 0 Å². The zero-order valence-electron chi connectivity index (χ0n) is 22.0. The van der Waals surface area contributed by atoms with Gasteiger partial charge in [-0.2, -0.15) is 4.31 Å². The minimum absolute atomic E-state index is 0.0474. The van der Waals surface area contributed by atoms with Gasteiger partial charge in [0.05, 0.1) is 24.7 Å². The normalized spacial score (nSPS) is 14.7. The lowest BCUT2D eigenvalue weighted by atomic mass is 10.0. The van der Waals surface area contributed by atoms with Crippen molar-refractivity contribution in [3.63, 3.8) is 0 Å². The maximum Gasteiger partial charge on any atom is 0.261 e. The molecule has 10 nitrogen and oxygen atoms in total. The molecule has 0 bridgehead atoms. The van der Waals surface area contributed by atoms with Gasteiger partial charge in [0.25, 0.3) is 5.91 Å². The predicted molar refractivity (Wildman–Crippen MR) is 148 cm³/mol. The Morgan fingerprint density at radius 3 is 2.20 bits per heavy atom. The van der Waals surface area contributed by atoms with Crippen LogP contribution in [0.25, 0.3) is 0 Å². The third-order valence-corrected chi connectivity index (χ3v) is 8.31. The fourth-order valence-electron chi connectivity index (χ4n) is 4.36. The van der Waals surface area contributed by atoms with E-state index in [0.29, 0.717) is 37.6 Å². The summed E-state index contributed by atoms with van der Waals surface area (Å²) in [6.07, 6.45) is 0. The fraction of sp³-hybridized carbons (Fsp3) is 0.310. The molecule has 1 fully saturated rings. The standard InChI is InChI=1S/C29H33N3O7S/c33-18-15-30-29(35)28(24-9-5-2-6-10-24)32(21-23-7-3-1-4-8-23)27(34)22-39-25-11-13-26(14-12-25)40(36,37)31-16-19-38-20-17-31/h1-14,28,33H,15-22H2,(H,30,35)/t28-/m0/s1. The van der Waals surface area contributed by atoms with Crippen LogP contribution in [0.3, 0.4) is 0 Å². The lowest BCUT2D eigenvalue weighted by Gasteiger charge is -2.31. The number of sulfonamides is 1. The quantitative estimate of drug-likeness (QED) is 0.343. The summed E-state index contributed by atoms with van der Waals surface area (Å²) < 4.78 is 38.2. The Labute approximate surface area is 234 Å². The Bertz CT molecular complexity index is 1350. The van der Waals surface area contributed by atoms with E-state index in [4.69, 9.17) is 9.47 Å². The molecule has 0 radical (unpaired) electrons. The number of morpholine rings is 1. The van der Waals surface area contributed by atoms with Crippen LogP contribution >= 0.6 is 0 Å². The van der Waals surface area contributed by atoms with Gasteiger partial charge in [0.1, 0.15) is 11.8 Å². The number of carbonyl (C=O) groups excluding carboxylic acids is 2. The van der Waals surface area contributed by atoms with E-state index in [1.165, 1.54) is 33.5 Å². The molecule has 212 valence electrons. The van der Waals surface area contributed by atoms with Gasteiger partial charge in [-0.05, 0) is 35.4 Å². The summed E-state index contributed by atoms with van der Waals surface area (Å²) in [7, 11) is -3.66. The number of nitrogens with zero attached hydrogens (tertiary/aromatic N) is 2. The van der Waals surface area contributed by atoms with Gasteiger partial charge in [0.2, 0.25) is 15.9 Å². The highest BCUT2D eigenvalue weighted by Crippen LogP contribution is 2.25. The van der Waals surface area contributed by atoms with E-state index in [2.05, 4.69) is 5.32 Å². The topological polar surface area (TPSA) is 125 Å². The Morgan fingerprint density at radius 2 is 1.57 bits per heavy atom. The Balaban J connectivity index is 1.53. The highest BCUT2D eigenvalue weighted by molar-refractivity contribution is 7.89. The summed E-state index contributed by atoms with van der Waals surface area (Å²) >= 11 is 0. The summed E-state index contributed by atoms with van der Waals surface area (Å²) in [6, 6.07) is 23.2. The van der Waals surface area contributed by atoms with Crippen LogP contribution in [0.15, 0.2) is 89.8 Å². The second-order valence-electron chi connectivity index (χ2n) is 9.11. The maximum absolute atomic E-state index is 13.6. The number of rotatable bonds is 12. The second-order valence-corrected chi connectivity index (χ2v) is 11.0. The molecular weight excluding hydrogens is 534 g/mol. The van der Waals surface area contributed by atoms with Gasteiger partial charge in [0.15, 0.2) is 6.61 Å². The number of carbonyl (C=O) groups is 2. The number of hydrogen-bond acceptors (Lipinski definition) is 7. The number of hydrogen-bond donors (Lipinski definition) is 2. The van der Waals surface area contributed by atoms with Crippen LogP contribution < -0.4 is 10.1 Å². The number of nitrogens with one attached hydrogen (secondary N) is 1. The SMILES string of the molecule is O=C(NCCO)[C@H](c1ccccc1)N(Cc1ccccc1)C(=O)COc1ccc(S(=O)(=O)N2CCOCC2)cc1. The summed E-state index contributed by atoms with van der Waals surface area (Å²) in [5.74, 6) is -0.556. The van der Waals surface area contributed by atoms with Crippen LogP contribution in [0, 0.1) is 0 Å². The zero-order chi connectivity index (χ0) is 28.4. The van der Waals surface area contributed by atoms with E-state index in [0.717, 1.165) is 5.56 Å². The van der Waals surface area contributed by atoms with Gasteiger partial charge in [-0.25, -0.2) is 8.42 Å². The first-order valence-electron chi connectivity index (χ1n) is 13.0. The van der Waals surface area contributed by atoms with E-state index >= 15 is 0 Å². The number of amides is 2. The van der Waals surface area contributed by atoms with Crippen molar-refractivity contribution in [2.24, 2.45) is 0 Å². The van der Waals surface area contributed by atoms with E-state index < -0.39 is 27.9 Å². The summed E-state index contributed by atoms with van der Waals surface area (Å²) in [6.45, 7) is 0.868. The van der Waals surface area contributed by atoms with E-state index in [-0.39, 0.29) is 31.2 Å². The molecule has 0 aromatic heterocycles. The Kier molecular flexibility index (Phi) is 10.3. The number of benzene rings is 3. The smallest absolute Gasteiger partial charge is 0.261 e. The average molecular weight is 568 g/mol. The average Bonchev–Trinajstić information content (AvgIpc) is 3.00. The monoisotopic (exact) mass is 567 g/mol. The third kappa shape index (κ3) is 7.45. The molecule has 1 aliphatic heterocycles. The van der Waals surface area contributed by atoms with Gasteiger partial charge in [-0.3, -0.25) is 9.59 Å². The first-order valence-corrected chi connectivity index (χ1v) is 14.4. The molecule has 0 aliphatic carbocycles. The molecule has 2 N–H and O–H groups in total. The van der Waals surface area contributed by atoms with E-state index in [1.54, 1.807) is 24.3 Å². The van der Waals surface area contributed by atoms with E-state index in [1.807, 2.05) is 36.4 Å². The highest BCUT2D eigenvalue weighted by Gasteiger charge is 2.32. The summed E-state index contributed by atoms with van der Waals surface area (Å²) in [5.41, 5.74) is 1.43. The Hall–Kier alpha value is -3.77. The molecule has 3 aromatic carbocycles. The predicted octanol–water partition coefficient (Wildman–Crippen LogP) is 1.96. The van der Waals surface area contributed by atoms with Gasteiger partial charge >= 0.3 is 0 Å². The van der Waals surface area contributed by atoms with Crippen LogP contribution in [0.1, 0.15) is 17.2 Å². The zero-order valence-corrected chi connectivity index (χ0v) is 22.8. The van der Waals surface area contributed by atoms with Crippen molar-refractivity contribution in [2.75, 3.05) is 46.1 Å². The molecule has 4 rings (SSSR count). The number of aliphatic hydroxyl groups is 1. The van der Waals surface area contributed by atoms with Crippen LogP contribution in [-0.4, -0.2) is 80.6 Å². The molecule has 1 atom stereocenters. The minimum atomic E-state index is -3.66. The number of ether oxygens (including phenoxy) is 2. The van der Waals surface area contributed by atoms with Crippen LogP contribution in [0.5, 0.6) is 5.75 Å². The van der Waals surface area contributed by atoms with Crippen LogP contribution in [0.4, 0.5) is 0 Å². The first-order chi connectivity index (χ1) is 19.4. The maximum atomic E-state index is 13.6. The molecule has 1 saturated heterocycles. The minimum Gasteiger partial charge on any atom is -0.484 e. The van der Waals surface area contributed by atoms with Crippen molar-refractivity contribution < 1.29 is 32.6 Å².